The molecule has 2 aromatic rings. The van der Waals surface area contributed by atoms with Gasteiger partial charge in [0.15, 0.2) is 0 Å². The third kappa shape index (κ3) is 10.3. The van der Waals surface area contributed by atoms with Gasteiger partial charge >= 0.3 is 6.18 Å². The summed E-state index contributed by atoms with van der Waals surface area (Å²) >= 11 is 12.0. The minimum absolute atomic E-state index is 0.0486. The number of anilines is 2. The number of amides is 2. The first kappa shape index (κ1) is 35.0. The highest BCUT2D eigenvalue weighted by molar-refractivity contribution is 7.85. The van der Waals surface area contributed by atoms with E-state index in [1.54, 1.807) is 21.9 Å². The third-order valence-electron chi connectivity index (χ3n) is 7.91. The summed E-state index contributed by atoms with van der Waals surface area (Å²) in [5.74, 6) is -2.47. The number of benzene rings is 1. The zero-order valence-electron chi connectivity index (χ0n) is 24.3. The lowest BCUT2D eigenvalue weighted by Gasteiger charge is -2.34. The monoisotopic (exact) mass is 694 g/mol. The van der Waals surface area contributed by atoms with E-state index in [1.807, 2.05) is 6.07 Å². The number of aromatic nitrogens is 2. The Morgan fingerprint density at radius 2 is 1.71 bits per heavy atom. The van der Waals surface area contributed by atoms with Crippen LogP contribution < -0.4 is 20.4 Å². The maximum atomic E-state index is 13.9. The molecule has 2 saturated heterocycles. The normalized spacial score (nSPS) is 17.9. The van der Waals surface area contributed by atoms with Crippen LogP contribution in [-0.2, 0) is 32.3 Å². The van der Waals surface area contributed by atoms with Crippen LogP contribution in [0.1, 0.15) is 56.3 Å². The van der Waals surface area contributed by atoms with E-state index >= 15 is 0 Å². The molecule has 248 valence electrons. The lowest BCUT2D eigenvalue weighted by atomic mass is 9.91. The molecule has 0 aliphatic carbocycles. The fourth-order valence-electron chi connectivity index (χ4n) is 5.58. The van der Waals surface area contributed by atoms with E-state index in [0.29, 0.717) is 81.2 Å². The standard InChI is InChI=1S/C28H35Cl2F3N6O5S/c29-20-7-6-19(15-21(20)30)8-11-34-26(41)22-4-2-12-39(22)24-16-23(36-27(37-24)28(31,32)33)38-13-9-18(10-14-38)3-1-5-25(40)35-17-45(42,43)44/h6-7,15-16,18,22H,1-5,8-14,17H2,(H,34,41)(H,35,40)(H,42,43,44). The molecule has 1 aromatic carbocycles. The fraction of sp³-hybridized carbons (Fsp3) is 0.571. The molecule has 0 saturated carbocycles. The summed E-state index contributed by atoms with van der Waals surface area (Å²) in [6, 6.07) is 6.03. The predicted octanol–water partition coefficient (Wildman–Crippen LogP) is 4.48. The SMILES string of the molecule is O=C(CCCC1CCN(c2cc(N3CCCC3C(=O)NCCc3ccc(Cl)c(Cl)c3)nc(C(F)(F)F)n2)CC1)NCS(=O)(=O)O. The Hall–Kier alpha value is -2.88. The molecule has 0 spiro atoms. The van der Waals surface area contributed by atoms with Crippen LogP contribution in [-0.4, -0.2) is 72.9 Å². The van der Waals surface area contributed by atoms with Crippen molar-refractivity contribution in [1.29, 1.82) is 0 Å². The topological polar surface area (TPSA) is 145 Å². The first-order valence-electron chi connectivity index (χ1n) is 14.6. The van der Waals surface area contributed by atoms with Crippen LogP contribution in [0.25, 0.3) is 0 Å². The van der Waals surface area contributed by atoms with Gasteiger partial charge in [0.05, 0.1) is 10.0 Å². The molecule has 1 unspecified atom stereocenters. The maximum absolute atomic E-state index is 13.9. The largest absolute Gasteiger partial charge is 0.451 e. The molecular weight excluding hydrogens is 660 g/mol. The quantitative estimate of drug-likeness (QED) is 0.274. The molecular formula is C28H35Cl2F3N6O5S. The molecule has 2 aliphatic rings. The summed E-state index contributed by atoms with van der Waals surface area (Å²) in [6.45, 7) is 1.59. The smallest absolute Gasteiger partial charge is 0.356 e. The van der Waals surface area contributed by atoms with Gasteiger partial charge in [0.25, 0.3) is 10.1 Å². The molecule has 11 nitrogen and oxygen atoms in total. The third-order valence-corrected chi connectivity index (χ3v) is 9.15. The van der Waals surface area contributed by atoms with Gasteiger partial charge in [-0.05, 0) is 68.6 Å². The van der Waals surface area contributed by atoms with Crippen molar-refractivity contribution in [3.8, 4) is 0 Å². The zero-order valence-corrected chi connectivity index (χ0v) is 26.7. The number of rotatable bonds is 12. The van der Waals surface area contributed by atoms with Crippen LogP contribution in [0, 0.1) is 5.92 Å². The summed E-state index contributed by atoms with van der Waals surface area (Å²) in [4.78, 5) is 35.9. The van der Waals surface area contributed by atoms with E-state index in [2.05, 4.69) is 20.6 Å². The summed E-state index contributed by atoms with van der Waals surface area (Å²) in [5.41, 5.74) is 0.883. The Morgan fingerprint density at radius 3 is 2.38 bits per heavy atom. The molecule has 0 bridgehead atoms. The lowest BCUT2D eigenvalue weighted by Crippen LogP contribution is -2.44. The van der Waals surface area contributed by atoms with E-state index < -0.39 is 39.9 Å². The number of carbonyl (C=O) groups excluding carboxylic acids is 2. The Balaban J connectivity index is 1.36. The van der Waals surface area contributed by atoms with Gasteiger partial charge in [0, 0.05) is 38.7 Å². The van der Waals surface area contributed by atoms with Gasteiger partial charge in [0.2, 0.25) is 17.6 Å². The number of alkyl halides is 3. The first-order valence-corrected chi connectivity index (χ1v) is 17.0. The van der Waals surface area contributed by atoms with E-state index in [9.17, 15) is 31.2 Å². The van der Waals surface area contributed by atoms with Gasteiger partial charge in [-0.2, -0.15) is 21.6 Å². The van der Waals surface area contributed by atoms with Crippen molar-refractivity contribution in [2.75, 3.05) is 41.9 Å². The van der Waals surface area contributed by atoms with Crippen molar-refractivity contribution < 1.29 is 35.7 Å². The lowest BCUT2D eigenvalue weighted by molar-refractivity contribution is -0.144. The number of hydrogen-bond donors (Lipinski definition) is 3. The van der Waals surface area contributed by atoms with E-state index in [0.717, 1.165) is 5.56 Å². The highest BCUT2D eigenvalue weighted by atomic mass is 35.5. The molecule has 3 heterocycles. The Bertz CT molecular complexity index is 1480. The summed E-state index contributed by atoms with van der Waals surface area (Å²) in [5, 5.41) is 5.85. The van der Waals surface area contributed by atoms with Crippen LogP contribution in [0.3, 0.4) is 0 Å². The average molecular weight is 696 g/mol. The molecule has 45 heavy (non-hydrogen) atoms. The van der Waals surface area contributed by atoms with Crippen LogP contribution in [0.4, 0.5) is 24.8 Å². The summed E-state index contributed by atoms with van der Waals surface area (Å²) in [6.07, 6.45) is -0.570. The number of carbonyl (C=O) groups is 2. The molecule has 2 amide bonds. The Kier molecular flexibility index (Phi) is 11.8. The predicted molar refractivity (Wildman–Crippen MR) is 164 cm³/mol. The molecule has 2 fully saturated rings. The number of nitrogens with zero attached hydrogens (tertiary/aromatic N) is 4. The molecule has 1 aromatic heterocycles. The van der Waals surface area contributed by atoms with Gasteiger partial charge in [-0.25, -0.2) is 9.97 Å². The van der Waals surface area contributed by atoms with E-state index in [1.165, 1.54) is 6.07 Å². The zero-order chi connectivity index (χ0) is 32.8. The molecule has 1 atom stereocenters. The van der Waals surface area contributed by atoms with Gasteiger partial charge in [-0.1, -0.05) is 29.3 Å². The van der Waals surface area contributed by atoms with E-state index in [4.69, 9.17) is 27.8 Å². The second-order valence-corrected chi connectivity index (χ2v) is 13.5. The minimum atomic E-state index is -4.78. The first-order chi connectivity index (χ1) is 21.2. The van der Waals surface area contributed by atoms with Crippen molar-refractivity contribution in [2.24, 2.45) is 5.92 Å². The van der Waals surface area contributed by atoms with Crippen molar-refractivity contribution in [2.45, 2.75) is 63.6 Å². The van der Waals surface area contributed by atoms with Gasteiger partial charge in [0.1, 0.15) is 23.6 Å². The van der Waals surface area contributed by atoms with E-state index in [-0.39, 0.29) is 29.9 Å². The highest BCUT2D eigenvalue weighted by Gasteiger charge is 2.39. The average Bonchev–Trinajstić information content (AvgIpc) is 3.48. The van der Waals surface area contributed by atoms with Crippen molar-refractivity contribution in [1.82, 2.24) is 20.6 Å². The number of hydrogen-bond acceptors (Lipinski definition) is 8. The van der Waals surface area contributed by atoms with Gasteiger partial charge < -0.3 is 20.4 Å². The van der Waals surface area contributed by atoms with Gasteiger partial charge in [-0.15, -0.1) is 0 Å². The second-order valence-electron chi connectivity index (χ2n) is 11.2. The Labute approximate surface area is 269 Å². The van der Waals surface area contributed by atoms with Crippen molar-refractivity contribution in [3.05, 3.63) is 45.7 Å². The number of nitrogens with one attached hydrogen (secondary N) is 2. The van der Waals surface area contributed by atoms with Gasteiger partial charge in [-0.3, -0.25) is 14.1 Å². The minimum Gasteiger partial charge on any atom is -0.356 e. The number of halogens is 5. The molecule has 4 rings (SSSR count). The highest BCUT2D eigenvalue weighted by Crippen LogP contribution is 2.34. The summed E-state index contributed by atoms with van der Waals surface area (Å²) < 4.78 is 71.9. The fourth-order valence-corrected chi connectivity index (χ4v) is 6.24. The van der Waals surface area contributed by atoms with Crippen molar-refractivity contribution >= 4 is 56.8 Å². The Morgan fingerprint density at radius 1 is 1.00 bits per heavy atom. The second kappa shape index (κ2) is 15.1. The summed E-state index contributed by atoms with van der Waals surface area (Å²) in [7, 11) is -4.29. The maximum Gasteiger partial charge on any atom is 0.451 e. The molecule has 0 radical (unpaired) electrons. The number of piperidine rings is 1. The van der Waals surface area contributed by atoms with Crippen LogP contribution >= 0.6 is 23.2 Å². The molecule has 2 aliphatic heterocycles. The van der Waals surface area contributed by atoms with Crippen LogP contribution in [0.15, 0.2) is 24.3 Å². The van der Waals surface area contributed by atoms with Crippen molar-refractivity contribution in [3.63, 3.8) is 0 Å². The molecule has 3 N–H and O–H groups in total. The van der Waals surface area contributed by atoms with Crippen LogP contribution in [0.5, 0.6) is 0 Å². The van der Waals surface area contributed by atoms with Crippen LogP contribution in [0.2, 0.25) is 10.0 Å². The molecule has 17 heteroatoms.